The summed E-state index contributed by atoms with van der Waals surface area (Å²) in [5.41, 5.74) is 5.24. The highest BCUT2D eigenvalue weighted by molar-refractivity contribution is 5.91. The molecule has 4 heteroatoms. The van der Waals surface area contributed by atoms with Crippen molar-refractivity contribution in [2.75, 3.05) is 0 Å². The van der Waals surface area contributed by atoms with Gasteiger partial charge in [-0.25, -0.2) is 4.39 Å². The molecule has 0 saturated heterocycles. The number of nitrogens with two attached hydrogens (primary N) is 1. The summed E-state index contributed by atoms with van der Waals surface area (Å²) in [6.07, 6.45) is 8.24. The van der Waals surface area contributed by atoms with E-state index < -0.39 is 11.8 Å². The molecule has 1 heterocycles. The van der Waals surface area contributed by atoms with Gasteiger partial charge in [-0.3, -0.25) is 4.99 Å². The predicted molar refractivity (Wildman–Crippen MR) is 89.9 cm³/mol. The summed E-state index contributed by atoms with van der Waals surface area (Å²) in [4.78, 5) is 4.66. The molecule has 0 aromatic carbocycles. The molecule has 0 spiro atoms. The Labute approximate surface area is 138 Å². The van der Waals surface area contributed by atoms with E-state index in [1.54, 1.807) is 0 Å². The molecule has 0 aromatic rings. The first kappa shape index (κ1) is 15.9. The van der Waals surface area contributed by atoms with Gasteiger partial charge in [-0.05, 0) is 56.3 Å². The van der Waals surface area contributed by atoms with Crippen molar-refractivity contribution in [3.05, 3.63) is 0 Å². The van der Waals surface area contributed by atoms with Gasteiger partial charge in [0.05, 0.1) is 6.04 Å². The van der Waals surface area contributed by atoms with E-state index in [9.17, 15) is 9.50 Å². The highest BCUT2D eigenvalue weighted by Gasteiger charge is 2.59. The normalized spacial score (nSPS) is 53.3. The van der Waals surface area contributed by atoms with Crippen LogP contribution in [0.3, 0.4) is 0 Å². The van der Waals surface area contributed by atoms with E-state index in [-0.39, 0.29) is 17.9 Å². The number of nitrogens with zero attached hydrogens (tertiary/aromatic N) is 1. The second-order valence-corrected chi connectivity index (χ2v) is 8.82. The van der Waals surface area contributed by atoms with E-state index in [1.807, 2.05) is 0 Å². The van der Waals surface area contributed by atoms with Crippen LogP contribution in [0, 0.1) is 29.6 Å². The highest BCUT2D eigenvalue weighted by Crippen LogP contribution is 2.54. The molecule has 8 unspecified atom stereocenters. The van der Waals surface area contributed by atoms with Gasteiger partial charge >= 0.3 is 0 Å². The molecule has 3 aliphatic carbocycles. The van der Waals surface area contributed by atoms with E-state index in [4.69, 9.17) is 5.73 Å². The minimum Gasteiger partial charge on any atom is -0.385 e. The van der Waals surface area contributed by atoms with E-state index in [0.29, 0.717) is 36.4 Å². The van der Waals surface area contributed by atoms with Gasteiger partial charge in [-0.15, -0.1) is 0 Å². The molecule has 3 nitrogen and oxygen atoms in total. The van der Waals surface area contributed by atoms with Gasteiger partial charge in [0.25, 0.3) is 0 Å². The Bertz CT molecular complexity index is 496. The number of fused-ring (bicyclic) bond motifs is 2. The summed E-state index contributed by atoms with van der Waals surface area (Å²) in [5.74, 6) is 1.99. The lowest BCUT2D eigenvalue weighted by atomic mass is 9.56. The Balaban J connectivity index is 1.67. The minimum absolute atomic E-state index is 0.0272. The fourth-order valence-electron chi connectivity index (χ4n) is 6.37. The van der Waals surface area contributed by atoms with Crippen LogP contribution in [0.5, 0.6) is 0 Å². The van der Waals surface area contributed by atoms with E-state index in [1.165, 1.54) is 12.8 Å². The first-order valence-electron chi connectivity index (χ1n) is 9.70. The van der Waals surface area contributed by atoms with Crippen molar-refractivity contribution in [1.82, 2.24) is 0 Å². The third kappa shape index (κ3) is 2.43. The predicted octanol–water partition coefficient (Wildman–Crippen LogP) is 3.45. The molecule has 130 valence electrons. The average Bonchev–Trinajstić information content (AvgIpc) is 2.79. The van der Waals surface area contributed by atoms with Crippen LogP contribution in [0.25, 0.3) is 0 Å². The third-order valence-corrected chi connectivity index (χ3v) is 7.47. The van der Waals surface area contributed by atoms with E-state index in [2.05, 4.69) is 11.9 Å². The maximum atomic E-state index is 14.5. The SMILES string of the molecule is CC1CCC2N=C(N)C(O)(C3CC(F)CC4CCCCC43)C2C1. The molecule has 3 saturated carbocycles. The standard InChI is InChI=1S/C19H31FN2O/c1-11-6-7-17-16(8-11)19(23,18(21)22-17)15-10-13(20)9-12-4-2-3-5-14(12)15/h11-17,23H,2-10H2,1H3,(H2,21,22). The highest BCUT2D eigenvalue weighted by atomic mass is 19.1. The van der Waals surface area contributed by atoms with Crippen LogP contribution >= 0.6 is 0 Å². The number of aliphatic imine (C=N–C) groups is 1. The molecule has 0 amide bonds. The second-order valence-electron chi connectivity index (χ2n) is 8.82. The Morgan fingerprint density at radius 2 is 1.87 bits per heavy atom. The van der Waals surface area contributed by atoms with Gasteiger partial charge < -0.3 is 10.8 Å². The smallest absolute Gasteiger partial charge is 0.129 e. The molecule has 3 N–H and O–H groups in total. The van der Waals surface area contributed by atoms with Crippen molar-refractivity contribution in [3.63, 3.8) is 0 Å². The van der Waals surface area contributed by atoms with Crippen LogP contribution in [-0.4, -0.2) is 28.8 Å². The monoisotopic (exact) mass is 322 g/mol. The van der Waals surface area contributed by atoms with Gasteiger partial charge in [-0.2, -0.15) is 0 Å². The van der Waals surface area contributed by atoms with E-state index in [0.717, 1.165) is 32.1 Å². The molecule has 23 heavy (non-hydrogen) atoms. The van der Waals surface area contributed by atoms with Gasteiger partial charge in [0, 0.05) is 11.8 Å². The lowest BCUT2D eigenvalue weighted by Gasteiger charge is -2.51. The quantitative estimate of drug-likeness (QED) is 0.777. The zero-order valence-corrected chi connectivity index (χ0v) is 14.3. The summed E-state index contributed by atoms with van der Waals surface area (Å²) < 4.78 is 14.5. The Morgan fingerprint density at radius 3 is 2.70 bits per heavy atom. The fourth-order valence-corrected chi connectivity index (χ4v) is 6.37. The van der Waals surface area contributed by atoms with Crippen molar-refractivity contribution in [3.8, 4) is 0 Å². The van der Waals surface area contributed by atoms with Crippen LogP contribution < -0.4 is 5.73 Å². The number of alkyl halides is 1. The molecule has 0 bridgehead atoms. The van der Waals surface area contributed by atoms with Crippen molar-refractivity contribution in [2.45, 2.75) is 82.5 Å². The van der Waals surface area contributed by atoms with Gasteiger partial charge in [0.15, 0.2) is 0 Å². The van der Waals surface area contributed by atoms with Crippen molar-refractivity contribution >= 4 is 5.84 Å². The van der Waals surface area contributed by atoms with Crippen LogP contribution in [0.1, 0.15) is 64.7 Å². The maximum absolute atomic E-state index is 14.5. The lowest BCUT2D eigenvalue weighted by molar-refractivity contribution is -0.0922. The molecule has 0 radical (unpaired) electrons. The topological polar surface area (TPSA) is 58.6 Å². The number of aliphatic hydroxyl groups is 1. The number of halogens is 1. The fraction of sp³-hybridized carbons (Fsp3) is 0.947. The molecule has 1 aliphatic heterocycles. The molecule has 0 aromatic heterocycles. The largest absolute Gasteiger partial charge is 0.385 e. The van der Waals surface area contributed by atoms with Crippen LogP contribution in [0.4, 0.5) is 4.39 Å². The summed E-state index contributed by atoms with van der Waals surface area (Å²) in [5, 5.41) is 11.7. The first-order chi connectivity index (χ1) is 11.0. The zero-order chi connectivity index (χ0) is 16.2. The molecular weight excluding hydrogens is 291 g/mol. The molecule has 4 aliphatic rings. The van der Waals surface area contributed by atoms with Crippen molar-refractivity contribution < 1.29 is 9.50 Å². The van der Waals surface area contributed by atoms with Gasteiger partial charge in [0.2, 0.25) is 0 Å². The lowest BCUT2D eigenvalue weighted by Crippen LogP contribution is -2.59. The molecule has 3 fully saturated rings. The number of rotatable bonds is 1. The van der Waals surface area contributed by atoms with Gasteiger partial charge in [0.1, 0.15) is 17.6 Å². The average molecular weight is 322 g/mol. The zero-order valence-electron chi connectivity index (χ0n) is 14.3. The minimum atomic E-state index is -1.05. The first-order valence-corrected chi connectivity index (χ1v) is 9.70. The molecule has 8 atom stereocenters. The summed E-state index contributed by atoms with van der Waals surface area (Å²) >= 11 is 0. The second kappa shape index (κ2) is 5.72. The van der Waals surface area contributed by atoms with E-state index >= 15 is 0 Å². The Morgan fingerprint density at radius 1 is 1.09 bits per heavy atom. The summed E-state index contributed by atoms with van der Waals surface area (Å²) in [6.45, 7) is 2.26. The Kier molecular flexibility index (Phi) is 3.94. The summed E-state index contributed by atoms with van der Waals surface area (Å²) in [7, 11) is 0. The van der Waals surface area contributed by atoms with Gasteiger partial charge in [-0.1, -0.05) is 26.2 Å². The van der Waals surface area contributed by atoms with Crippen LogP contribution in [0.15, 0.2) is 4.99 Å². The van der Waals surface area contributed by atoms with Crippen LogP contribution in [0.2, 0.25) is 0 Å². The van der Waals surface area contributed by atoms with Crippen molar-refractivity contribution in [1.29, 1.82) is 0 Å². The van der Waals surface area contributed by atoms with Crippen molar-refractivity contribution in [2.24, 2.45) is 40.3 Å². The van der Waals surface area contributed by atoms with Crippen LogP contribution in [-0.2, 0) is 0 Å². The third-order valence-electron chi connectivity index (χ3n) is 7.47. The number of hydrogen-bond donors (Lipinski definition) is 2. The Hall–Kier alpha value is -0.640. The number of amidine groups is 1. The maximum Gasteiger partial charge on any atom is 0.129 e. The molecule has 4 rings (SSSR count). The summed E-state index contributed by atoms with van der Waals surface area (Å²) in [6, 6.07) is 0.165. The number of hydrogen-bond acceptors (Lipinski definition) is 3. The molecular formula is C19H31FN2O.